The molecule has 0 saturated carbocycles. The Balaban J connectivity index is 1.46. The van der Waals surface area contributed by atoms with Crippen molar-refractivity contribution >= 4 is 29.2 Å². The minimum atomic E-state index is -0.174. The molecule has 1 fully saturated rings. The topological polar surface area (TPSA) is 83.6 Å². The Morgan fingerprint density at radius 2 is 2.17 bits per heavy atom. The largest absolute Gasteiger partial charge is 0.497 e. The first-order chi connectivity index (χ1) is 14.0. The standard InChI is InChI=1S/C21H25ClN4O3/c1-29-18-6-2-4-15(10-18)11-24-20(27)14-26-9-3-5-16(13-26)21(28)25-19-8-7-17(22)12-23-19/h2,4,6-8,10,12,16H,3,5,9,11,13-14H2,1H3,(H,24,27)(H,23,25,28). The summed E-state index contributed by atoms with van der Waals surface area (Å²) < 4.78 is 5.20. The van der Waals surface area contributed by atoms with Crippen molar-refractivity contribution in [2.45, 2.75) is 19.4 Å². The van der Waals surface area contributed by atoms with Gasteiger partial charge in [0.2, 0.25) is 11.8 Å². The Bertz CT molecular complexity index is 844. The van der Waals surface area contributed by atoms with Gasteiger partial charge in [-0.25, -0.2) is 4.98 Å². The van der Waals surface area contributed by atoms with Crippen LogP contribution >= 0.6 is 11.6 Å². The zero-order valence-electron chi connectivity index (χ0n) is 16.4. The lowest BCUT2D eigenvalue weighted by Gasteiger charge is -2.31. The summed E-state index contributed by atoms with van der Waals surface area (Å²) in [6, 6.07) is 10.9. The maximum Gasteiger partial charge on any atom is 0.234 e. The van der Waals surface area contributed by atoms with Gasteiger partial charge in [-0.3, -0.25) is 14.5 Å². The number of rotatable bonds is 7. The van der Waals surface area contributed by atoms with Crippen LogP contribution in [-0.4, -0.2) is 48.4 Å². The van der Waals surface area contributed by atoms with Crippen LogP contribution in [-0.2, 0) is 16.1 Å². The predicted octanol–water partition coefficient (Wildman–Crippen LogP) is 2.71. The van der Waals surface area contributed by atoms with E-state index in [2.05, 4.69) is 15.6 Å². The number of amides is 2. The molecule has 29 heavy (non-hydrogen) atoms. The van der Waals surface area contributed by atoms with Crippen LogP contribution in [0.25, 0.3) is 0 Å². The smallest absolute Gasteiger partial charge is 0.234 e. The van der Waals surface area contributed by atoms with Crippen LogP contribution in [0.5, 0.6) is 5.75 Å². The second-order valence-corrected chi connectivity index (χ2v) is 7.49. The first-order valence-electron chi connectivity index (χ1n) is 9.58. The van der Waals surface area contributed by atoms with Gasteiger partial charge >= 0.3 is 0 Å². The second-order valence-electron chi connectivity index (χ2n) is 7.05. The van der Waals surface area contributed by atoms with E-state index >= 15 is 0 Å². The highest BCUT2D eigenvalue weighted by molar-refractivity contribution is 6.30. The predicted molar refractivity (Wildman–Crippen MR) is 112 cm³/mol. The van der Waals surface area contributed by atoms with Gasteiger partial charge in [0.25, 0.3) is 0 Å². The summed E-state index contributed by atoms with van der Waals surface area (Å²) in [5.41, 5.74) is 0.976. The molecule has 2 N–H and O–H groups in total. The molecule has 2 amide bonds. The fraction of sp³-hybridized carbons (Fsp3) is 0.381. The average Bonchev–Trinajstić information content (AvgIpc) is 2.74. The molecule has 1 saturated heterocycles. The molecule has 2 heterocycles. The number of benzene rings is 1. The summed E-state index contributed by atoms with van der Waals surface area (Å²) in [5.74, 6) is 0.923. The Hall–Kier alpha value is -2.64. The summed E-state index contributed by atoms with van der Waals surface area (Å²) in [5, 5.41) is 6.27. The Morgan fingerprint density at radius 1 is 1.31 bits per heavy atom. The molecule has 0 radical (unpaired) electrons. The van der Waals surface area contributed by atoms with Gasteiger partial charge in [0.05, 0.1) is 24.6 Å². The van der Waals surface area contributed by atoms with E-state index in [4.69, 9.17) is 16.3 Å². The van der Waals surface area contributed by atoms with Gasteiger partial charge in [-0.2, -0.15) is 0 Å². The van der Waals surface area contributed by atoms with Crippen LogP contribution < -0.4 is 15.4 Å². The van der Waals surface area contributed by atoms with Gasteiger partial charge in [-0.1, -0.05) is 23.7 Å². The van der Waals surface area contributed by atoms with Crippen LogP contribution in [0.4, 0.5) is 5.82 Å². The molecule has 0 spiro atoms. The number of aromatic nitrogens is 1. The molecule has 2 aromatic rings. The molecule has 0 aliphatic carbocycles. The minimum absolute atomic E-state index is 0.0618. The molecular weight excluding hydrogens is 392 g/mol. The first kappa shape index (κ1) is 21.1. The summed E-state index contributed by atoms with van der Waals surface area (Å²) in [4.78, 5) is 31.0. The van der Waals surface area contributed by atoms with Crippen molar-refractivity contribution in [3.05, 3.63) is 53.2 Å². The van der Waals surface area contributed by atoms with Crippen molar-refractivity contribution in [1.82, 2.24) is 15.2 Å². The number of anilines is 1. The number of hydrogen-bond donors (Lipinski definition) is 2. The maximum atomic E-state index is 12.5. The highest BCUT2D eigenvalue weighted by Gasteiger charge is 2.27. The van der Waals surface area contributed by atoms with Gasteiger partial charge in [-0.05, 0) is 49.2 Å². The molecule has 3 rings (SSSR count). The highest BCUT2D eigenvalue weighted by Crippen LogP contribution is 2.19. The minimum Gasteiger partial charge on any atom is -0.497 e. The van der Waals surface area contributed by atoms with Crippen LogP contribution in [0.3, 0.4) is 0 Å². The van der Waals surface area contributed by atoms with Crippen molar-refractivity contribution in [2.24, 2.45) is 5.92 Å². The third kappa shape index (κ3) is 6.44. The van der Waals surface area contributed by atoms with E-state index < -0.39 is 0 Å². The van der Waals surface area contributed by atoms with E-state index in [9.17, 15) is 9.59 Å². The molecule has 1 unspecified atom stereocenters. The van der Waals surface area contributed by atoms with E-state index in [-0.39, 0.29) is 24.3 Å². The van der Waals surface area contributed by atoms with Crippen LogP contribution in [0.1, 0.15) is 18.4 Å². The maximum absolute atomic E-state index is 12.5. The fourth-order valence-corrected chi connectivity index (χ4v) is 3.45. The van der Waals surface area contributed by atoms with Gasteiger partial charge in [0.1, 0.15) is 11.6 Å². The number of nitrogens with zero attached hydrogens (tertiary/aromatic N) is 2. The van der Waals surface area contributed by atoms with Crippen LogP contribution in [0.2, 0.25) is 5.02 Å². The molecule has 1 aliphatic rings. The molecule has 154 valence electrons. The van der Waals surface area contributed by atoms with E-state index in [0.29, 0.717) is 23.9 Å². The van der Waals surface area contributed by atoms with Crippen molar-refractivity contribution in [3.63, 3.8) is 0 Å². The lowest BCUT2D eigenvalue weighted by Crippen LogP contribution is -2.45. The zero-order valence-corrected chi connectivity index (χ0v) is 17.1. The van der Waals surface area contributed by atoms with E-state index in [1.165, 1.54) is 6.20 Å². The number of hydrogen-bond acceptors (Lipinski definition) is 5. The number of nitrogens with one attached hydrogen (secondary N) is 2. The number of piperidine rings is 1. The number of methoxy groups -OCH3 is 1. The van der Waals surface area contributed by atoms with Crippen molar-refractivity contribution < 1.29 is 14.3 Å². The fourth-order valence-electron chi connectivity index (χ4n) is 3.33. The van der Waals surface area contributed by atoms with Gasteiger partial charge in [-0.15, -0.1) is 0 Å². The molecule has 1 aliphatic heterocycles. The van der Waals surface area contributed by atoms with Gasteiger partial charge < -0.3 is 15.4 Å². The normalized spacial score (nSPS) is 16.8. The summed E-state index contributed by atoms with van der Waals surface area (Å²) >= 11 is 5.82. The molecule has 0 bridgehead atoms. The Morgan fingerprint density at radius 3 is 2.93 bits per heavy atom. The molecule has 1 aromatic heterocycles. The summed E-state index contributed by atoms with van der Waals surface area (Å²) in [7, 11) is 1.61. The first-order valence-corrected chi connectivity index (χ1v) is 9.95. The lowest BCUT2D eigenvalue weighted by molar-refractivity contribution is -0.125. The SMILES string of the molecule is COc1cccc(CNC(=O)CN2CCCC(C(=O)Nc3ccc(Cl)cn3)C2)c1. The van der Waals surface area contributed by atoms with Gasteiger partial charge in [0, 0.05) is 19.3 Å². The third-order valence-corrected chi connectivity index (χ3v) is 5.07. The van der Waals surface area contributed by atoms with E-state index in [0.717, 1.165) is 30.7 Å². The lowest BCUT2D eigenvalue weighted by atomic mass is 9.97. The Labute approximate surface area is 175 Å². The molecule has 8 heteroatoms. The molecular formula is C21H25ClN4O3. The van der Waals surface area contributed by atoms with Crippen LogP contribution in [0.15, 0.2) is 42.6 Å². The average molecular weight is 417 g/mol. The van der Waals surface area contributed by atoms with Crippen LogP contribution in [0, 0.1) is 5.92 Å². The third-order valence-electron chi connectivity index (χ3n) is 4.85. The summed E-state index contributed by atoms with van der Waals surface area (Å²) in [6.45, 7) is 2.06. The number of ether oxygens (including phenoxy) is 1. The molecule has 7 nitrogen and oxygen atoms in total. The number of likely N-dealkylation sites (tertiary alicyclic amines) is 1. The number of carbonyl (C=O) groups is 2. The van der Waals surface area contributed by atoms with Crippen molar-refractivity contribution in [2.75, 3.05) is 32.1 Å². The highest BCUT2D eigenvalue weighted by atomic mass is 35.5. The van der Waals surface area contributed by atoms with Gasteiger partial charge in [0.15, 0.2) is 0 Å². The van der Waals surface area contributed by atoms with E-state index in [1.54, 1.807) is 19.2 Å². The monoisotopic (exact) mass is 416 g/mol. The molecule has 1 aromatic carbocycles. The second kappa shape index (κ2) is 10.2. The Kier molecular flexibility index (Phi) is 7.43. The summed E-state index contributed by atoms with van der Waals surface area (Å²) in [6.07, 6.45) is 3.16. The van der Waals surface area contributed by atoms with Crippen molar-refractivity contribution in [3.8, 4) is 5.75 Å². The number of pyridine rings is 1. The molecule has 1 atom stereocenters. The zero-order chi connectivity index (χ0) is 20.6. The van der Waals surface area contributed by atoms with Crippen molar-refractivity contribution in [1.29, 1.82) is 0 Å². The number of carbonyl (C=O) groups excluding carboxylic acids is 2. The van der Waals surface area contributed by atoms with E-state index in [1.807, 2.05) is 29.2 Å². The quantitative estimate of drug-likeness (QED) is 0.725. The number of halogens is 1.